The molecule has 0 aromatic rings. The third kappa shape index (κ3) is 2.93. The molecular weight excluding hydrogens is 162 g/mol. The number of hydrogen-bond donors (Lipinski definition) is 1. The first kappa shape index (κ1) is 11.0. The van der Waals surface area contributed by atoms with Crippen molar-refractivity contribution in [1.29, 1.82) is 0 Å². The molecular formula is C10H23N3. The lowest BCUT2D eigenvalue weighted by molar-refractivity contribution is 0.249. The Morgan fingerprint density at radius 1 is 1.46 bits per heavy atom. The zero-order chi connectivity index (χ0) is 10.0. The quantitative estimate of drug-likeness (QED) is 0.682. The Bertz CT molecular complexity index is 156. The third-order valence-corrected chi connectivity index (χ3v) is 2.86. The van der Waals surface area contributed by atoms with Crippen molar-refractivity contribution in [3.63, 3.8) is 0 Å². The van der Waals surface area contributed by atoms with Crippen LogP contribution in [0.5, 0.6) is 0 Å². The number of nitrogens with two attached hydrogens (primary N) is 1. The van der Waals surface area contributed by atoms with Gasteiger partial charge in [-0.3, -0.25) is 4.90 Å². The van der Waals surface area contributed by atoms with Crippen LogP contribution in [0.25, 0.3) is 0 Å². The first-order valence-corrected chi connectivity index (χ1v) is 5.15. The highest BCUT2D eigenvalue weighted by atomic mass is 15.2. The van der Waals surface area contributed by atoms with Gasteiger partial charge in [-0.25, -0.2) is 0 Å². The maximum atomic E-state index is 5.78. The van der Waals surface area contributed by atoms with Gasteiger partial charge >= 0.3 is 0 Å². The predicted octanol–water partition coefficient (Wildman–Crippen LogP) is 0.216. The molecule has 2 N–H and O–H groups in total. The van der Waals surface area contributed by atoms with Gasteiger partial charge in [0.05, 0.1) is 0 Å². The van der Waals surface area contributed by atoms with Gasteiger partial charge in [0.2, 0.25) is 0 Å². The van der Waals surface area contributed by atoms with Crippen molar-refractivity contribution < 1.29 is 0 Å². The molecule has 1 heterocycles. The molecule has 0 aliphatic carbocycles. The number of rotatable bonds is 3. The fourth-order valence-electron chi connectivity index (χ4n) is 2.28. The molecule has 3 nitrogen and oxygen atoms in total. The van der Waals surface area contributed by atoms with Crippen LogP contribution in [-0.2, 0) is 0 Å². The van der Waals surface area contributed by atoms with Crippen LogP contribution in [0.3, 0.4) is 0 Å². The second kappa shape index (κ2) is 4.40. The number of likely N-dealkylation sites (N-methyl/N-ethyl adjacent to an activating group) is 1. The summed E-state index contributed by atoms with van der Waals surface area (Å²) in [5, 5.41) is 0. The molecule has 0 spiro atoms. The lowest BCUT2D eigenvalue weighted by atomic mass is 10.1. The number of likely N-dealkylation sites (tertiary alicyclic amines) is 1. The Morgan fingerprint density at radius 3 is 2.46 bits per heavy atom. The summed E-state index contributed by atoms with van der Waals surface area (Å²) in [7, 11) is 4.33. The highest BCUT2D eigenvalue weighted by molar-refractivity contribution is 4.87. The van der Waals surface area contributed by atoms with Crippen LogP contribution < -0.4 is 5.73 Å². The van der Waals surface area contributed by atoms with E-state index in [9.17, 15) is 0 Å². The van der Waals surface area contributed by atoms with E-state index in [0.717, 1.165) is 12.5 Å². The summed E-state index contributed by atoms with van der Waals surface area (Å²) in [6.45, 7) is 7.81. The second-order valence-corrected chi connectivity index (χ2v) is 4.70. The molecule has 3 unspecified atom stereocenters. The molecule has 13 heavy (non-hydrogen) atoms. The van der Waals surface area contributed by atoms with E-state index in [4.69, 9.17) is 5.73 Å². The average molecular weight is 185 g/mol. The van der Waals surface area contributed by atoms with Gasteiger partial charge in [-0.15, -0.1) is 0 Å². The molecule has 0 radical (unpaired) electrons. The SMILES string of the molecule is CC(N)CN1CC(C)C(N(C)C)C1. The smallest absolute Gasteiger partial charge is 0.0254 e. The van der Waals surface area contributed by atoms with Crippen LogP contribution in [-0.4, -0.2) is 55.6 Å². The summed E-state index contributed by atoms with van der Waals surface area (Å²) < 4.78 is 0. The first-order valence-electron chi connectivity index (χ1n) is 5.15. The summed E-state index contributed by atoms with van der Waals surface area (Å²) in [6, 6.07) is 1.01. The van der Waals surface area contributed by atoms with Crippen molar-refractivity contribution in [2.45, 2.75) is 25.9 Å². The first-order chi connectivity index (χ1) is 6.00. The van der Waals surface area contributed by atoms with E-state index in [1.165, 1.54) is 13.1 Å². The Kier molecular flexibility index (Phi) is 3.71. The Morgan fingerprint density at radius 2 is 2.08 bits per heavy atom. The molecule has 1 saturated heterocycles. The Labute approximate surface area is 81.9 Å². The number of nitrogens with zero attached hydrogens (tertiary/aromatic N) is 2. The van der Waals surface area contributed by atoms with E-state index >= 15 is 0 Å². The van der Waals surface area contributed by atoms with Crippen molar-refractivity contribution in [3.05, 3.63) is 0 Å². The van der Waals surface area contributed by atoms with Gasteiger partial charge in [0.15, 0.2) is 0 Å². The molecule has 3 heteroatoms. The summed E-state index contributed by atoms with van der Waals surface area (Å²) >= 11 is 0. The van der Waals surface area contributed by atoms with E-state index in [2.05, 4.69) is 37.7 Å². The van der Waals surface area contributed by atoms with E-state index in [-0.39, 0.29) is 0 Å². The normalized spacial score (nSPS) is 32.8. The molecule has 0 amide bonds. The van der Waals surface area contributed by atoms with E-state index in [0.29, 0.717) is 12.1 Å². The number of hydrogen-bond acceptors (Lipinski definition) is 3. The summed E-state index contributed by atoms with van der Waals surface area (Å²) in [5.41, 5.74) is 5.78. The maximum Gasteiger partial charge on any atom is 0.0254 e. The minimum atomic E-state index is 0.299. The fraction of sp³-hybridized carbons (Fsp3) is 1.00. The molecule has 0 bridgehead atoms. The molecule has 78 valence electrons. The van der Waals surface area contributed by atoms with Gasteiger partial charge in [0.25, 0.3) is 0 Å². The molecule has 0 aromatic carbocycles. The van der Waals surface area contributed by atoms with Crippen LogP contribution in [0.4, 0.5) is 0 Å². The summed E-state index contributed by atoms with van der Waals surface area (Å²) in [4.78, 5) is 4.80. The molecule has 1 aliphatic heterocycles. The zero-order valence-electron chi connectivity index (χ0n) is 9.33. The Hall–Kier alpha value is -0.120. The molecule has 0 saturated carbocycles. The lowest BCUT2D eigenvalue weighted by Crippen LogP contribution is -2.37. The van der Waals surface area contributed by atoms with Gasteiger partial charge in [-0.2, -0.15) is 0 Å². The molecule has 1 aliphatic rings. The largest absolute Gasteiger partial charge is 0.327 e. The van der Waals surface area contributed by atoms with Crippen LogP contribution in [0.1, 0.15) is 13.8 Å². The van der Waals surface area contributed by atoms with Crippen LogP contribution >= 0.6 is 0 Å². The standard InChI is InChI=1S/C10H23N3/c1-8-5-13(6-9(2)11)7-10(8)12(3)4/h8-10H,5-7,11H2,1-4H3. The van der Waals surface area contributed by atoms with Crippen LogP contribution in [0.2, 0.25) is 0 Å². The average Bonchev–Trinajstić information content (AvgIpc) is 2.29. The van der Waals surface area contributed by atoms with E-state index in [1.807, 2.05) is 0 Å². The van der Waals surface area contributed by atoms with Crippen molar-refractivity contribution >= 4 is 0 Å². The Balaban J connectivity index is 2.40. The molecule has 0 aromatic heterocycles. The summed E-state index contributed by atoms with van der Waals surface area (Å²) in [6.07, 6.45) is 0. The highest BCUT2D eigenvalue weighted by Gasteiger charge is 2.30. The topological polar surface area (TPSA) is 32.5 Å². The monoisotopic (exact) mass is 185 g/mol. The maximum absolute atomic E-state index is 5.78. The van der Waals surface area contributed by atoms with E-state index < -0.39 is 0 Å². The minimum absolute atomic E-state index is 0.299. The van der Waals surface area contributed by atoms with Crippen molar-refractivity contribution in [1.82, 2.24) is 9.80 Å². The highest BCUT2D eigenvalue weighted by Crippen LogP contribution is 2.19. The predicted molar refractivity (Wildman–Crippen MR) is 56.7 cm³/mol. The molecule has 1 rings (SSSR count). The van der Waals surface area contributed by atoms with Crippen molar-refractivity contribution in [2.75, 3.05) is 33.7 Å². The molecule has 1 fully saturated rings. The second-order valence-electron chi connectivity index (χ2n) is 4.70. The molecule has 3 atom stereocenters. The van der Waals surface area contributed by atoms with Gasteiger partial charge in [0, 0.05) is 31.7 Å². The van der Waals surface area contributed by atoms with Gasteiger partial charge in [-0.1, -0.05) is 6.92 Å². The van der Waals surface area contributed by atoms with E-state index in [1.54, 1.807) is 0 Å². The fourth-order valence-corrected chi connectivity index (χ4v) is 2.28. The summed E-state index contributed by atoms with van der Waals surface area (Å²) in [5.74, 6) is 0.772. The minimum Gasteiger partial charge on any atom is -0.327 e. The van der Waals surface area contributed by atoms with Gasteiger partial charge in [0.1, 0.15) is 0 Å². The zero-order valence-corrected chi connectivity index (χ0v) is 9.33. The van der Waals surface area contributed by atoms with Crippen molar-refractivity contribution in [2.24, 2.45) is 11.7 Å². The van der Waals surface area contributed by atoms with Crippen LogP contribution in [0, 0.1) is 5.92 Å². The van der Waals surface area contributed by atoms with Crippen molar-refractivity contribution in [3.8, 4) is 0 Å². The van der Waals surface area contributed by atoms with Gasteiger partial charge in [-0.05, 0) is 26.9 Å². The third-order valence-electron chi connectivity index (χ3n) is 2.86. The van der Waals surface area contributed by atoms with Gasteiger partial charge < -0.3 is 10.6 Å². The lowest BCUT2D eigenvalue weighted by Gasteiger charge is -2.23. The van der Waals surface area contributed by atoms with Crippen LogP contribution in [0.15, 0.2) is 0 Å².